The van der Waals surface area contributed by atoms with E-state index in [1.165, 1.54) is 12.3 Å². The quantitative estimate of drug-likeness (QED) is 0.657. The topological polar surface area (TPSA) is 69.6 Å². The van der Waals surface area contributed by atoms with E-state index in [4.69, 9.17) is 21.2 Å². The van der Waals surface area contributed by atoms with Crippen molar-refractivity contribution >= 4 is 23.2 Å². The van der Waals surface area contributed by atoms with Gasteiger partial charge in [0.15, 0.2) is 0 Å². The number of aromatic nitrogens is 1. The lowest BCUT2D eigenvalue weighted by Crippen LogP contribution is -2.32. The highest BCUT2D eigenvalue weighted by Crippen LogP contribution is 2.16. The monoisotopic (exact) mass is 398 g/mol. The summed E-state index contributed by atoms with van der Waals surface area (Å²) in [4.78, 5) is 30.6. The molecule has 1 N–H and O–H groups in total. The third kappa shape index (κ3) is 4.92. The van der Waals surface area contributed by atoms with Crippen LogP contribution in [0, 0.1) is 0 Å². The molecule has 3 aromatic rings. The van der Waals surface area contributed by atoms with Crippen LogP contribution in [0.15, 0.2) is 71.7 Å². The van der Waals surface area contributed by atoms with Gasteiger partial charge < -0.3 is 14.9 Å². The molecule has 1 amide bonds. The standard InChI is InChI=1S/C21H19ClN2O4/c1-2-27-18-10-8-17(9-11-18)23-20(25)19-7-4-12-24(21(19)26)28-14-15-5-3-6-16(22)13-15/h3-13H,2,14H2,1H3,(H,23,25). The molecule has 0 spiro atoms. The summed E-state index contributed by atoms with van der Waals surface area (Å²) in [6.45, 7) is 2.60. The molecule has 28 heavy (non-hydrogen) atoms. The summed E-state index contributed by atoms with van der Waals surface area (Å²) in [6, 6.07) is 17.1. The second-order valence-electron chi connectivity index (χ2n) is 5.87. The molecular formula is C21H19ClN2O4. The van der Waals surface area contributed by atoms with Crippen molar-refractivity contribution < 1.29 is 14.4 Å². The summed E-state index contributed by atoms with van der Waals surface area (Å²) >= 11 is 5.94. The fourth-order valence-electron chi connectivity index (χ4n) is 2.52. The van der Waals surface area contributed by atoms with Gasteiger partial charge in [-0.05, 0) is 61.0 Å². The second kappa shape index (κ2) is 9.10. The van der Waals surface area contributed by atoms with E-state index in [1.54, 1.807) is 48.5 Å². The zero-order chi connectivity index (χ0) is 19.9. The van der Waals surface area contributed by atoms with E-state index in [0.29, 0.717) is 23.1 Å². The molecule has 0 aliphatic carbocycles. The first-order valence-corrected chi connectivity index (χ1v) is 9.08. The Labute approximate surface area is 167 Å². The molecule has 0 bridgehead atoms. The fraction of sp³-hybridized carbons (Fsp3) is 0.143. The molecule has 0 aliphatic rings. The molecule has 3 rings (SSSR count). The minimum atomic E-state index is -0.548. The average molecular weight is 399 g/mol. The number of benzene rings is 2. The highest BCUT2D eigenvalue weighted by atomic mass is 35.5. The van der Waals surface area contributed by atoms with Gasteiger partial charge in [0.05, 0.1) is 6.61 Å². The highest BCUT2D eigenvalue weighted by Gasteiger charge is 2.13. The Morgan fingerprint density at radius 3 is 2.61 bits per heavy atom. The first-order valence-electron chi connectivity index (χ1n) is 8.70. The number of anilines is 1. The molecule has 0 atom stereocenters. The lowest BCUT2D eigenvalue weighted by molar-refractivity contribution is 0.0863. The smallest absolute Gasteiger partial charge is 0.295 e. The van der Waals surface area contributed by atoms with Gasteiger partial charge in [0.1, 0.15) is 17.9 Å². The van der Waals surface area contributed by atoms with Crippen molar-refractivity contribution in [3.05, 3.63) is 93.4 Å². The number of nitrogens with zero attached hydrogens (tertiary/aromatic N) is 1. The van der Waals surface area contributed by atoms with E-state index in [1.807, 2.05) is 13.0 Å². The van der Waals surface area contributed by atoms with Crippen LogP contribution in [0.1, 0.15) is 22.8 Å². The van der Waals surface area contributed by atoms with Crippen LogP contribution in [0.4, 0.5) is 5.69 Å². The number of carbonyl (C=O) groups is 1. The molecule has 0 unspecified atom stereocenters. The first-order chi connectivity index (χ1) is 13.6. The minimum absolute atomic E-state index is 0.0255. The summed E-state index contributed by atoms with van der Waals surface area (Å²) < 4.78 is 6.40. The van der Waals surface area contributed by atoms with Gasteiger partial charge in [-0.2, -0.15) is 4.73 Å². The summed E-state index contributed by atoms with van der Waals surface area (Å²) in [5.41, 5.74) is 0.794. The molecule has 0 saturated carbocycles. The largest absolute Gasteiger partial charge is 0.494 e. The predicted octanol–water partition coefficient (Wildman–Crippen LogP) is 3.78. The summed E-state index contributed by atoms with van der Waals surface area (Å²) in [5, 5.41) is 3.28. The minimum Gasteiger partial charge on any atom is -0.494 e. The van der Waals surface area contributed by atoms with Crippen molar-refractivity contribution in [3.8, 4) is 5.75 Å². The van der Waals surface area contributed by atoms with Crippen molar-refractivity contribution in [3.63, 3.8) is 0 Å². The predicted molar refractivity (Wildman–Crippen MR) is 108 cm³/mol. The molecule has 1 aromatic heterocycles. The third-order valence-electron chi connectivity index (χ3n) is 3.84. The van der Waals surface area contributed by atoms with Crippen LogP contribution in [0.25, 0.3) is 0 Å². The van der Waals surface area contributed by atoms with Gasteiger partial charge in [-0.15, -0.1) is 0 Å². The van der Waals surface area contributed by atoms with Gasteiger partial charge >= 0.3 is 0 Å². The zero-order valence-electron chi connectivity index (χ0n) is 15.2. The van der Waals surface area contributed by atoms with Crippen LogP contribution in [0.2, 0.25) is 5.02 Å². The van der Waals surface area contributed by atoms with Crippen LogP contribution >= 0.6 is 11.6 Å². The molecule has 6 nitrogen and oxygen atoms in total. The maximum Gasteiger partial charge on any atom is 0.295 e. The zero-order valence-corrected chi connectivity index (χ0v) is 16.0. The number of rotatable bonds is 7. The Morgan fingerprint density at radius 2 is 1.89 bits per heavy atom. The lowest BCUT2D eigenvalue weighted by atomic mass is 10.2. The van der Waals surface area contributed by atoms with E-state index < -0.39 is 11.5 Å². The number of amides is 1. The van der Waals surface area contributed by atoms with Gasteiger partial charge in [-0.25, -0.2) is 0 Å². The molecular weight excluding hydrogens is 380 g/mol. The Balaban J connectivity index is 1.70. The SMILES string of the molecule is CCOc1ccc(NC(=O)c2cccn(OCc3cccc(Cl)c3)c2=O)cc1. The number of ether oxygens (including phenoxy) is 1. The molecule has 0 saturated heterocycles. The van der Waals surface area contributed by atoms with Gasteiger partial charge in [0, 0.05) is 16.9 Å². The summed E-state index contributed by atoms with van der Waals surface area (Å²) in [6.07, 6.45) is 1.46. The van der Waals surface area contributed by atoms with Crippen molar-refractivity contribution in [1.29, 1.82) is 0 Å². The Kier molecular flexibility index (Phi) is 6.34. The van der Waals surface area contributed by atoms with Crippen molar-refractivity contribution in [2.45, 2.75) is 13.5 Å². The second-order valence-corrected chi connectivity index (χ2v) is 6.30. The number of nitrogens with one attached hydrogen (secondary N) is 1. The van der Waals surface area contributed by atoms with Crippen LogP contribution in [-0.4, -0.2) is 17.2 Å². The van der Waals surface area contributed by atoms with Gasteiger partial charge in [0.25, 0.3) is 11.5 Å². The van der Waals surface area contributed by atoms with Crippen LogP contribution < -0.4 is 20.5 Å². The fourth-order valence-corrected chi connectivity index (χ4v) is 2.73. The van der Waals surface area contributed by atoms with Crippen molar-refractivity contribution in [1.82, 2.24) is 4.73 Å². The maximum atomic E-state index is 12.6. The molecule has 0 radical (unpaired) electrons. The van der Waals surface area contributed by atoms with Crippen molar-refractivity contribution in [2.24, 2.45) is 0 Å². The molecule has 0 aliphatic heterocycles. The molecule has 0 fully saturated rings. The van der Waals surface area contributed by atoms with Gasteiger partial charge in [-0.3, -0.25) is 9.59 Å². The van der Waals surface area contributed by atoms with Crippen LogP contribution in [0.5, 0.6) is 5.75 Å². The number of halogens is 1. The van der Waals surface area contributed by atoms with E-state index in [0.717, 1.165) is 10.3 Å². The van der Waals surface area contributed by atoms with Crippen LogP contribution in [0.3, 0.4) is 0 Å². The molecule has 1 heterocycles. The first kappa shape index (κ1) is 19.5. The van der Waals surface area contributed by atoms with E-state index in [9.17, 15) is 9.59 Å². The highest BCUT2D eigenvalue weighted by molar-refractivity contribution is 6.30. The average Bonchev–Trinajstić information content (AvgIpc) is 2.69. The van der Waals surface area contributed by atoms with E-state index >= 15 is 0 Å². The number of hydrogen-bond acceptors (Lipinski definition) is 4. The molecule has 2 aromatic carbocycles. The Morgan fingerprint density at radius 1 is 1.11 bits per heavy atom. The maximum absolute atomic E-state index is 12.6. The third-order valence-corrected chi connectivity index (χ3v) is 4.08. The number of hydrogen-bond donors (Lipinski definition) is 1. The lowest BCUT2D eigenvalue weighted by Gasteiger charge is -2.11. The summed E-state index contributed by atoms with van der Waals surface area (Å²) in [5.74, 6) is 0.187. The number of pyridine rings is 1. The van der Waals surface area contributed by atoms with Gasteiger partial charge in [-0.1, -0.05) is 23.7 Å². The van der Waals surface area contributed by atoms with E-state index in [-0.39, 0.29) is 12.2 Å². The normalized spacial score (nSPS) is 10.4. The van der Waals surface area contributed by atoms with E-state index in [2.05, 4.69) is 5.32 Å². The number of carbonyl (C=O) groups excluding carboxylic acids is 1. The molecule has 144 valence electrons. The molecule has 7 heteroatoms. The Bertz CT molecular complexity index is 1020. The Hall–Kier alpha value is -3.25. The summed E-state index contributed by atoms with van der Waals surface area (Å²) in [7, 11) is 0. The van der Waals surface area contributed by atoms with Crippen molar-refractivity contribution in [2.75, 3.05) is 11.9 Å². The van der Waals surface area contributed by atoms with Crippen LogP contribution in [-0.2, 0) is 6.61 Å². The van der Waals surface area contributed by atoms with Gasteiger partial charge in [0.2, 0.25) is 0 Å².